The molecular weight excluding hydrogens is 418 g/mol. The molecule has 0 fully saturated rings. The smallest absolute Gasteiger partial charge is 0.408 e. The lowest BCUT2D eigenvalue weighted by Gasteiger charge is -2.37. The zero-order valence-electron chi connectivity index (χ0n) is 21.4. The van der Waals surface area contributed by atoms with Gasteiger partial charge in [-0.2, -0.15) is 0 Å². The van der Waals surface area contributed by atoms with Crippen molar-refractivity contribution in [3.05, 3.63) is 42.0 Å². The monoisotopic (exact) mass is 459 g/mol. The maximum Gasteiger partial charge on any atom is 0.408 e. The molecule has 3 unspecified atom stereocenters. The Balaban J connectivity index is 3.33. The van der Waals surface area contributed by atoms with Crippen molar-refractivity contribution in [1.29, 1.82) is 0 Å². The molecule has 0 saturated carbocycles. The summed E-state index contributed by atoms with van der Waals surface area (Å²) in [4.78, 5) is 40.8. The second-order valence-corrected chi connectivity index (χ2v) is 9.68. The number of ether oxygens (including phenoxy) is 1. The Hall–Kier alpha value is -2.83. The molecule has 0 aromatic heterocycles. The first-order chi connectivity index (χ1) is 15.3. The standard InChI is InChI=1S/C26H41N3O4/c1-10-13-18(5)27-23(30)22(21-15-12-14-20(11-2)16-21)29(17(3)4)24(31)19(6)28-25(32)33-26(7,8)9/h11-12,14-19,22H,2,10,13H2,1,3-9H3,(H,27,30)(H,28,32). The van der Waals surface area contributed by atoms with E-state index in [1.165, 1.54) is 4.90 Å². The average molecular weight is 460 g/mol. The van der Waals surface area contributed by atoms with Crippen LogP contribution >= 0.6 is 0 Å². The molecule has 0 bridgehead atoms. The fraction of sp³-hybridized carbons (Fsp3) is 0.577. The number of hydrogen-bond acceptors (Lipinski definition) is 4. The number of alkyl carbamates (subject to hydrolysis) is 1. The summed E-state index contributed by atoms with van der Waals surface area (Å²) in [6, 6.07) is 5.34. The zero-order chi connectivity index (χ0) is 25.3. The highest BCUT2D eigenvalue weighted by molar-refractivity contribution is 5.92. The van der Waals surface area contributed by atoms with Gasteiger partial charge >= 0.3 is 6.09 Å². The third-order valence-electron chi connectivity index (χ3n) is 5.01. The van der Waals surface area contributed by atoms with Crippen molar-refractivity contribution in [3.8, 4) is 0 Å². The fourth-order valence-corrected chi connectivity index (χ4v) is 3.57. The number of hydrogen-bond donors (Lipinski definition) is 2. The van der Waals surface area contributed by atoms with E-state index < -0.39 is 23.8 Å². The Labute approximate surface area is 198 Å². The van der Waals surface area contributed by atoms with Crippen LogP contribution in [-0.2, 0) is 14.3 Å². The molecule has 7 heteroatoms. The summed E-state index contributed by atoms with van der Waals surface area (Å²) in [6.45, 7) is 18.4. The van der Waals surface area contributed by atoms with Crippen molar-refractivity contribution in [3.63, 3.8) is 0 Å². The maximum absolute atomic E-state index is 13.5. The van der Waals surface area contributed by atoms with Crippen molar-refractivity contribution >= 4 is 24.0 Å². The molecule has 1 aromatic rings. The number of nitrogens with zero attached hydrogens (tertiary/aromatic N) is 1. The Morgan fingerprint density at radius 2 is 1.76 bits per heavy atom. The number of carbonyl (C=O) groups is 3. The number of rotatable bonds is 10. The molecule has 0 aliphatic carbocycles. The van der Waals surface area contributed by atoms with E-state index in [2.05, 4.69) is 24.1 Å². The van der Waals surface area contributed by atoms with Gasteiger partial charge in [0.25, 0.3) is 0 Å². The topological polar surface area (TPSA) is 87.7 Å². The first kappa shape index (κ1) is 28.2. The Morgan fingerprint density at radius 3 is 2.27 bits per heavy atom. The second kappa shape index (κ2) is 12.4. The van der Waals surface area contributed by atoms with E-state index in [1.54, 1.807) is 33.8 Å². The fourth-order valence-electron chi connectivity index (χ4n) is 3.57. The summed E-state index contributed by atoms with van der Waals surface area (Å²) in [5, 5.41) is 5.65. The Morgan fingerprint density at radius 1 is 1.12 bits per heavy atom. The van der Waals surface area contributed by atoms with E-state index in [9.17, 15) is 14.4 Å². The van der Waals surface area contributed by atoms with Gasteiger partial charge in [0.1, 0.15) is 17.7 Å². The van der Waals surface area contributed by atoms with E-state index >= 15 is 0 Å². The Bertz CT molecular complexity index is 829. The highest BCUT2D eigenvalue weighted by atomic mass is 16.6. The normalized spacial score (nSPS) is 14.1. The molecule has 2 N–H and O–H groups in total. The summed E-state index contributed by atoms with van der Waals surface area (Å²) >= 11 is 0. The van der Waals surface area contributed by atoms with Gasteiger partial charge in [0.2, 0.25) is 11.8 Å². The van der Waals surface area contributed by atoms with Gasteiger partial charge in [0.05, 0.1) is 0 Å². The lowest BCUT2D eigenvalue weighted by atomic mass is 9.98. The molecule has 3 amide bonds. The third-order valence-corrected chi connectivity index (χ3v) is 5.01. The first-order valence-corrected chi connectivity index (χ1v) is 11.6. The van der Waals surface area contributed by atoms with Crippen LogP contribution in [0.4, 0.5) is 4.79 Å². The summed E-state index contributed by atoms with van der Waals surface area (Å²) in [7, 11) is 0. The molecule has 0 saturated heterocycles. The molecule has 33 heavy (non-hydrogen) atoms. The van der Waals surface area contributed by atoms with Crippen LogP contribution in [0.3, 0.4) is 0 Å². The van der Waals surface area contributed by atoms with Gasteiger partial charge in [-0.05, 0) is 72.1 Å². The van der Waals surface area contributed by atoms with E-state index in [-0.39, 0.29) is 23.9 Å². The van der Waals surface area contributed by atoms with Crippen LogP contribution in [0.25, 0.3) is 6.08 Å². The first-order valence-electron chi connectivity index (χ1n) is 11.6. The molecule has 0 aliphatic heterocycles. The number of benzene rings is 1. The highest BCUT2D eigenvalue weighted by Gasteiger charge is 2.36. The van der Waals surface area contributed by atoms with Crippen LogP contribution in [0.1, 0.15) is 85.4 Å². The van der Waals surface area contributed by atoms with E-state index in [1.807, 2.05) is 45.0 Å². The van der Waals surface area contributed by atoms with Gasteiger partial charge in [-0.1, -0.05) is 44.2 Å². The maximum atomic E-state index is 13.5. The van der Waals surface area contributed by atoms with Crippen molar-refractivity contribution in [1.82, 2.24) is 15.5 Å². The van der Waals surface area contributed by atoms with Crippen molar-refractivity contribution in [2.45, 2.75) is 98.0 Å². The summed E-state index contributed by atoms with van der Waals surface area (Å²) in [6.07, 6.45) is 2.78. The third kappa shape index (κ3) is 8.91. The molecule has 7 nitrogen and oxygen atoms in total. The minimum absolute atomic E-state index is 0.0333. The average Bonchev–Trinajstić information content (AvgIpc) is 2.69. The number of carbonyl (C=O) groups excluding carboxylic acids is 3. The molecule has 0 aliphatic rings. The van der Waals surface area contributed by atoms with Crippen LogP contribution in [0.5, 0.6) is 0 Å². The molecule has 0 spiro atoms. The molecule has 3 atom stereocenters. The minimum atomic E-state index is -0.881. The van der Waals surface area contributed by atoms with Crippen LogP contribution < -0.4 is 10.6 Å². The van der Waals surface area contributed by atoms with Gasteiger partial charge < -0.3 is 20.3 Å². The molecule has 1 aromatic carbocycles. The van der Waals surface area contributed by atoms with E-state index in [0.717, 1.165) is 18.4 Å². The SMILES string of the molecule is C=Cc1cccc(C(C(=O)NC(C)CCC)N(C(=O)C(C)NC(=O)OC(C)(C)C)C(C)C)c1. The number of amides is 3. The quantitative estimate of drug-likeness (QED) is 0.525. The lowest BCUT2D eigenvalue weighted by Crippen LogP contribution is -2.54. The summed E-state index contributed by atoms with van der Waals surface area (Å²) < 4.78 is 5.29. The van der Waals surface area contributed by atoms with Gasteiger partial charge in [-0.15, -0.1) is 0 Å². The predicted octanol–water partition coefficient (Wildman–Crippen LogP) is 4.83. The van der Waals surface area contributed by atoms with Crippen LogP contribution in [-0.4, -0.2) is 46.5 Å². The zero-order valence-corrected chi connectivity index (χ0v) is 21.4. The molecular formula is C26H41N3O4. The second-order valence-electron chi connectivity index (χ2n) is 9.68. The van der Waals surface area contributed by atoms with Gasteiger partial charge in [0, 0.05) is 12.1 Å². The molecule has 1 rings (SSSR count). The van der Waals surface area contributed by atoms with Crippen molar-refractivity contribution in [2.24, 2.45) is 0 Å². The molecule has 0 heterocycles. The van der Waals surface area contributed by atoms with Gasteiger partial charge in [0.15, 0.2) is 0 Å². The minimum Gasteiger partial charge on any atom is -0.444 e. The number of nitrogens with one attached hydrogen (secondary N) is 2. The van der Waals surface area contributed by atoms with Crippen molar-refractivity contribution in [2.75, 3.05) is 0 Å². The largest absolute Gasteiger partial charge is 0.444 e. The lowest BCUT2D eigenvalue weighted by molar-refractivity contribution is -0.144. The predicted molar refractivity (Wildman–Crippen MR) is 133 cm³/mol. The van der Waals surface area contributed by atoms with Crippen LogP contribution in [0.15, 0.2) is 30.8 Å². The van der Waals surface area contributed by atoms with Gasteiger partial charge in [-0.25, -0.2) is 4.79 Å². The molecule has 184 valence electrons. The molecule has 0 radical (unpaired) electrons. The van der Waals surface area contributed by atoms with Gasteiger partial charge in [-0.3, -0.25) is 9.59 Å². The highest BCUT2D eigenvalue weighted by Crippen LogP contribution is 2.26. The van der Waals surface area contributed by atoms with Crippen LogP contribution in [0.2, 0.25) is 0 Å². The summed E-state index contributed by atoms with van der Waals surface area (Å²) in [5.74, 6) is -0.633. The van der Waals surface area contributed by atoms with E-state index in [0.29, 0.717) is 5.56 Å². The summed E-state index contributed by atoms with van der Waals surface area (Å²) in [5.41, 5.74) is 0.844. The Kier molecular flexibility index (Phi) is 10.6. The van der Waals surface area contributed by atoms with Crippen molar-refractivity contribution < 1.29 is 19.1 Å². The van der Waals surface area contributed by atoms with E-state index in [4.69, 9.17) is 4.74 Å². The van der Waals surface area contributed by atoms with Crippen LogP contribution in [0, 0.1) is 0 Å².